The Labute approximate surface area is 112 Å². The average molecular weight is 259 g/mol. The molecule has 0 amide bonds. The van der Waals surface area contributed by atoms with Gasteiger partial charge in [0.15, 0.2) is 0 Å². The Morgan fingerprint density at radius 3 is 2.74 bits per heavy atom. The van der Waals surface area contributed by atoms with Crippen LogP contribution in [-0.2, 0) is 6.42 Å². The van der Waals surface area contributed by atoms with Crippen molar-refractivity contribution in [1.82, 2.24) is 4.98 Å². The van der Waals surface area contributed by atoms with Gasteiger partial charge in [0.05, 0.1) is 6.10 Å². The number of para-hydroxylation sites is 1. The molecule has 1 atom stereocenters. The lowest BCUT2D eigenvalue weighted by atomic mass is 10.1. The van der Waals surface area contributed by atoms with E-state index in [2.05, 4.69) is 4.98 Å². The Balaban J connectivity index is 2.31. The van der Waals surface area contributed by atoms with Gasteiger partial charge in [-0.2, -0.15) is 0 Å². The Bertz CT molecular complexity index is 540. The van der Waals surface area contributed by atoms with Crippen LogP contribution < -0.4 is 4.74 Å². The molecule has 0 bridgehead atoms. The lowest BCUT2D eigenvalue weighted by Crippen LogP contribution is -2.00. The predicted molar refractivity (Wildman–Crippen MR) is 72.2 cm³/mol. The zero-order valence-corrected chi connectivity index (χ0v) is 10.8. The van der Waals surface area contributed by atoms with Crippen molar-refractivity contribution >= 4 is 0 Å². The van der Waals surface area contributed by atoms with Gasteiger partial charge in [0.25, 0.3) is 0 Å². The van der Waals surface area contributed by atoms with E-state index in [0.717, 1.165) is 5.56 Å². The predicted octanol–water partition coefficient (Wildman–Crippen LogP) is 2.46. The molecule has 100 valence electrons. The summed E-state index contributed by atoms with van der Waals surface area (Å²) in [5.41, 5.74) is 1.55. The van der Waals surface area contributed by atoms with E-state index in [1.54, 1.807) is 25.3 Å². The van der Waals surface area contributed by atoms with Gasteiger partial charge in [-0.3, -0.25) is 0 Å². The van der Waals surface area contributed by atoms with Crippen LogP contribution in [-0.4, -0.2) is 21.8 Å². The topological polar surface area (TPSA) is 62.6 Å². The molecular formula is C15H17NO3. The van der Waals surface area contributed by atoms with Crippen molar-refractivity contribution < 1.29 is 14.9 Å². The van der Waals surface area contributed by atoms with Crippen molar-refractivity contribution in [2.45, 2.75) is 19.4 Å². The summed E-state index contributed by atoms with van der Waals surface area (Å²) in [7, 11) is 0. The molecule has 1 aromatic heterocycles. The first-order chi connectivity index (χ1) is 9.22. The maximum atomic E-state index is 9.70. The van der Waals surface area contributed by atoms with E-state index in [1.165, 1.54) is 0 Å². The molecule has 2 rings (SSSR count). The molecule has 4 nitrogen and oxygen atoms in total. The summed E-state index contributed by atoms with van der Waals surface area (Å²) in [5, 5.41) is 18.7. The number of nitrogens with zero attached hydrogens (tertiary/aromatic N) is 1. The standard InChI is InChI=1S/C15H17NO3/c1-11(18)13-6-4-9-16-15(13)19-14-7-3-2-5-12(14)8-10-17/h2-7,9,11,17-18H,8,10H2,1H3/t11-/m0/s1. The number of ether oxygens (including phenoxy) is 1. The monoisotopic (exact) mass is 259 g/mol. The Kier molecular flexibility index (Phi) is 4.49. The van der Waals surface area contributed by atoms with E-state index in [1.807, 2.05) is 24.3 Å². The van der Waals surface area contributed by atoms with Gasteiger partial charge < -0.3 is 14.9 Å². The highest BCUT2D eigenvalue weighted by Crippen LogP contribution is 2.29. The van der Waals surface area contributed by atoms with Crippen LogP contribution in [0.5, 0.6) is 11.6 Å². The molecule has 0 aliphatic carbocycles. The molecular weight excluding hydrogens is 242 g/mol. The summed E-state index contributed by atoms with van der Waals surface area (Å²) >= 11 is 0. The minimum absolute atomic E-state index is 0.0614. The third kappa shape index (κ3) is 3.30. The van der Waals surface area contributed by atoms with Crippen LogP contribution in [0.1, 0.15) is 24.2 Å². The summed E-state index contributed by atoms with van der Waals surface area (Å²) in [4.78, 5) is 4.15. The molecule has 2 aromatic rings. The fraction of sp³-hybridized carbons (Fsp3) is 0.267. The smallest absolute Gasteiger partial charge is 0.225 e. The molecule has 0 unspecified atom stereocenters. The quantitative estimate of drug-likeness (QED) is 0.865. The largest absolute Gasteiger partial charge is 0.438 e. The average Bonchev–Trinajstić information content (AvgIpc) is 2.42. The van der Waals surface area contributed by atoms with Gasteiger partial charge in [0.1, 0.15) is 5.75 Å². The normalized spacial score (nSPS) is 12.2. The molecule has 0 radical (unpaired) electrons. The second-order valence-corrected chi connectivity index (χ2v) is 4.26. The van der Waals surface area contributed by atoms with Crippen LogP contribution in [0.4, 0.5) is 0 Å². The van der Waals surface area contributed by atoms with E-state index >= 15 is 0 Å². The first-order valence-electron chi connectivity index (χ1n) is 6.22. The number of benzene rings is 1. The first kappa shape index (κ1) is 13.5. The van der Waals surface area contributed by atoms with Crippen LogP contribution >= 0.6 is 0 Å². The van der Waals surface area contributed by atoms with Gasteiger partial charge in [-0.05, 0) is 37.1 Å². The van der Waals surface area contributed by atoms with Gasteiger partial charge in [-0.15, -0.1) is 0 Å². The fourth-order valence-electron chi connectivity index (χ4n) is 1.84. The number of aromatic nitrogens is 1. The van der Waals surface area contributed by atoms with Crippen LogP contribution in [0.25, 0.3) is 0 Å². The van der Waals surface area contributed by atoms with Gasteiger partial charge >= 0.3 is 0 Å². The van der Waals surface area contributed by atoms with Gasteiger partial charge in [0.2, 0.25) is 5.88 Å². The van der Waals surface area contributed by atoms with Crippen molar-refractivity contribution in [3.8, 4) is 11.6 Å². The Hall–Kier alpha value is -1.91. The van der Waals surface area contributed by atoms with Gasteiger partial charge in [-0.25, -0.2) is 4.98 Å². The summed E-state index contributed by atoms with van der Waals surface area (Å²) in [6.07, 6.45) is 1.50. The van der Waals surface area contributed by atoms with Gasteiger partial charge in [-0.1, -0.05) is 18.2 Å². The SMILES string of the molecule is C[C@H](O)c1cccnc1Oc1ccccc1CCO. The van der Waals surface area contributed by atoms with Gasteiger partial charge in [0, 0.05) is 18.4 Å². The summed E-state index contributed by atoms with van der Waals surface area (Å²) in [6.45, 7) is 1.73. The molecule has 0 aliphatic heterocycles. The Morgan fingerprint density at radius 1 is 1.21 bits per heavy atom. The number of rotatable bonds is 5. The van der Waals surface area contributed by atoms with E-state index < -0.39 is 6.10 Å². The fourth-order valence-corrected chi connectivity index (χ4v) is 1.84. The maximum absolute atomic E-state index is 9.70. The summed E-state index contributed by atoms with van der Waals surface area (Å²) in [5.74, 6) is 1.04. The van der Waals surface area contributed by atoms with Crippen molar-refractivity contribution in [2.24, 2.45) is 0 Å². The van der Waals surface area contributed by atoms with E-state index in [-0.39, 0.29) is 6.61 Å². The summed E-state index contributed by atoms with van der Waals surface area (Å²) in [6, 6.07) is 11.0. The lowest BCUT2D eigenvalue weighted by Gasteiger charge is -2.13. The Morgan fingerprint density at radius 2 is 2.00 bits per heavy atom. The van der Waals surface area contributed by atoms with E-state index in [9.17, 15) is 5.11 Å². The van der Waals surface area contributed by atoms with E-state index in [4.69, 9.17) is 9.84 Å². The second kappa shape index (κ2) is 6.31. The molecule has 1 aromatic carbocycles. The zero-order valence-electron chi connectivity index (χ0n) is 10.8. The maximum Gasteiger partial charge on any atom is 0.225 e. The minimum Gasteiger partial charge on any atom is -0.438 e. The molecule has 2 N–H and O–H groups in total. The molecule has 0 spiro atoms. The van der Waals surface area contributed by atoms with Crippen molar-refractivity contribution in [3.05, 3.63) is 53.7 Å². The first-order valence-corrected chi connectivity index (χ1v) is 6.22. The molecule has 19 heavy (non-hydrogen) atoms. The number of hydrogen-bond acceptors (Lipinski definition) is 4. The van der Waals surface area contributed by atoms with Crippen LogP contribution in [0.15, 0.2) is 42.6 Å². The van der Waals surface area contributed by atoms with Crippen LogP contribution in [0.3, 0.4) is 0 Å². The molecule has 4 heteroatoms. The number of aliphatic hydroxyl groups excluding tert-OH is 2. The molecule has 0 saturated heterocycles. The minimum atomic E-state index is -0.645. The molecule has 0 fully saturated rings. The second-order valence-electron chi connectivity index (χ2n) is 4.26. The highest BCUT2D eigenvalue weighted by Gasteiger charge is 2.12. The van der Waals surface area contributed by atoms with Crippen molar-refractivity contribution in [3.63, 3.8) is 0 Å². The lowest BCUT2D eigenvalue weighted by molar-refractivity contribution is 0.194. The number of hydrogen-bond donors (Lipinski definition) is 2. The third-order valence-corrected chi connectivity index (χ3v) is 2.81. The third-order valence-electron chi connectivity index (χ3n) is 2.81. The molecule has 1 heterocycles. The molecule has 0 saturated carbocycles. The van der Waals surface area contributed by atoms with Crippen LogP contribution in [0.2, 0.25) is 0 Å². The van der Waals surface area contributed by atoms with Crippen molar-refractivity contribution in [2.75, 3.05) is 6.61 Å². The highest BCUT2D eigenvalue weighted by molar-refractivity contribution is 5.38. The van der Waals surface area contributed by atoms with Crippen LogP contribution in [0, 0.1) is 0 Å². The zero-order chi connectivity index (χ0) is 13.7. The number of aliphatic hydroxyl groups is 2. The van der Waals surface area contributed by atoms with Crippen molar-refractivity contribution in [1.29, 1.82) is 0 Å². The number of pyridine rings is 1. The molecule has 0 aliphatic rings. The summed E-state index contributed by atoms with van der Waals surface area (Å²) < 4.78 is 5.77. The van der Waals surface area contributed by atoms with E-state index in [0.29, 0.717) is 23.6 Å². The highest BCUT2D eigenvalue weighted by atomic mass is 16.5.